The molecule has 9 atom stereocenters. The number of esters is 2. The molecule has 0 aromatic carbocycles. The fourth-order valence-corrected chi connectivity index (χ4v) is 8.76. The molecule has 0 amide bonds. The summed E-state index contributed by atoms with van der Waals surface area (Å²) in [6.45, 7) is 8.10. The Hall–Kier alpha value is -2.15. The molecule has 3 aliphatic carbocycles. The Kier molecular flexibility index (Phi) is 5.32. The Labute approximate surface area is 200 Å². The lowest BCUT2D eigenvalue weighted by Crippen LogP contribution is -2.69. The molecule has 0 radical (unpaired) electrons. The molecule has 4 fully saturated rings. The van der Waals surface area contributed by atoms with Gasteiger partial charge >= 0.3 is 11.9 Å². The predicted octanol–water partition coefficient (Wildman–Crippen LogP) is 4.09. The van der Waals surface area contributed by atoms with Crippen molar-refractivity contribution in [2.75, 3.05) is 7.11 Å². The van der Waals surface area contributed by atoms with Gasteiger partial charge < -0.3 is 19.0 Å². The van der Waals surface area contributed by atoms with Gasteiger partial charge in [0, 0.05) is 40.6 Å². The van der Waals surface area contributed by atoms with E-state index in [0.717, 1.165) is 18.4 Å². The number of aliphatic hydroxyl groups is 1. The maximum atomic E-state index is 13.7. The second-order valence-electron chi connectivity index (χ2n) is 12.1. The quantitative estimate of drug-likeness (QED) is 0.661. The van der Waals surface area contributed by atoms with Crippen LogP contribution in [0.2, 0.25) is 0 Å². The first kappa shape index (κ1) is 23.6. The molecule has 0 unspecified atom stereocenters. The van der Waals surface area contributed by atoms with E-state index in [1.807, 2.05) is 19.9 Å². The number of rotatable bonds is 3. The highest BCUT2D eigenvalue weighted by Crippen LogP contribution is 2.70. The minimum absolute atomic E-state index is 0.0156. The second-order valence-corrected chi connectivity index (χ2v) is 12.1. The highest BCUT2D eigenvalue weighted by molar-refractivity contribution is 5.89. The summed E-state index contributed by atoms with van der Waals surface area (Å²) in [5, 5.41) is 11.6. The number of ketones is 1. The number of hydrogen-bond donors (Lipinski definition) is 1. The lowest BCUT2D eigenvalue weighted by Gasteiger charge is -2.67. The number of methoxy groups -OCH3 is 1. The topological polar surface area (TPSA) is 103 Å². The zero-order valence-corrected chi connectivity index (χ0v) is 20.7. The van der Waals surface area contributed by atoms with Gasteiger partial charge in [-0.2, -0.15) is 0 Å². The van der Waals surface area contributed by atoms with Crippen molar-refractivity contribution in [1.82, 2.24) is 0 Å². The Morgan fingerprint density at radius 3 is 2.59 bits per heavy atom. The smallest absolute Gasteiger partial charge is 0.306 e. The van der Waals surface area contributed by atoms with Gasteiger partial charge in [-0.05, 0) is 49.0 Å². The number of carbonyl (C=O) groups is 3. The van der Waals surface area contributed by atoms with Gasteiger partial charge in [0.25, 0.3) is 0 Å². The van der Waals surface area contributed by atoms with Crippen molar-refractivity contribution in [2.45, 2.75) is 72.0 Å². The summed E-state index contributed by atoms with van der Waals surface area (Å²) in [5.41, 5.74) is -0.805. The molecule has 4 aliphatic rings. The van der Waals surface area contributed by atoms with Crippen LogP contribution in [0.15, 0.2) is 23.0 Å². The average Bonchev–Trinajstić information content (AvgIpc) is 3.32. The highest BCUT2D eigenvalue weighted by Gasteiger charge is 2.70. The summed E-state index contributed by atoms with van der Waals surface area (Å²) in [6.07, 6.45) is 4.69. The van der Waals surface area contributed by atoms with Crippen LogP contribution in [0.4, 0.5) is 0 Å². The van der Waals surface area contributed by atoms with Crippen LogP contribution in [-0.4, -0.2) is 36.0 Å². The van der Waals surface area contributed by atoms with Crippen LogP contribution in [-0.2, 0) is 23.9 Å². The number of fused-ring (bicyclic) bond motifs is 6. The van der Waals surface area contributed by atoms with Gasteiger partial charge in [0.2, 0.25) is 0 Å². The third kappa shape index (κ3) is 3.01. The van der Waals surface area contributed by atoms with E-state index < -0.39 is 29.0 Å². The maximum absolute atomic E-state index is 13.7. The van der Waals surface area contributed by atoms with Crippen LogP contribution in [0.25, 0.3) is 0 Å². The Balaban J connectivity index is 1.58. The zero-order chi connectivity index (χ0) is 24.6. The molecule has 3 saturated carbocycles. The van der Waals surface area contributed by atoms with Crippen molar-refractivity contribution in [3.05, 3.63) is 24.2 Å². The van der Waals surface area contributed by atoms with E-state index in [2.05, 4.69) is 13.8 Å². The Morgan fingerprint density at radius 1 is 1.21 bits per heavy atom. The molecular formula is C27H36O7. The van der Waals surface area contributed by atoms with Gasteiger partial charge in [-0.1, -0.05) is 27.7 Å². The molecule has 186 valence electrons. The molecule has 5 rings (SSSR count). The highest BCUT2D eigenvalue weighted by atomic mass is 16.5. The molecule has 34 heavy (non-hydrogen) atoms. The Morgan fingerprint density at radius 2 is 1.94 bits per heavy atom. The predicted molar refractivity (Wildman–Crippen MR) is 121 cm³/mol. The Bertz CT molecular complexity index is 997. The summed E-state index contributed by atoms with van der Waals surface area (Å²) >= 11 is 0. The minimum atomic E-state index is -0.812. The molecule has 7 nitrogen and oxygen atoms in total. The lowest BCUT2D eigenvalue weighted by molar-refractivity contribution is -0.240. The molecular weight excluding hydrogens is 436 g/mol. The summed E-state index contributed by atoms with van der Waals surface area (Å²) in [5.74, 6) is -1.22. The number of Topliss-reactive ketones (excluding diaryl/α,β-unsaturated/α-hetero) is 1. The van der Waals surface area contributed by atoms with Gasteiger partial charge in [-0.15, -0.1) is 0 Å². The van der Waals surface area contributed by atoms with E-state index in [4.69, 9.17) is 13.9 Å². The van der Waals surface area contributed by atoms with Gasteiger partial charge in [-0.25, -0.2) is 0 Å². The van der Waals surface area contributed by atoms with Gasteiger partial charge in [-0.3, -0.25) is 14.4 Å². The molecule has 2 bridgehead atoms. The molecule has 2 heterocycles. The number of aliphatic hydroxyl groups excluding tert-OH is 1. The number of furan rings is 1. The standard InChI is InChI=1S/C27H36O7/c1-25(2)19(12-20(28)32-5)27(4)17-6-8-26(3)18(15(17)10-16(22(25)30)23(27)31)11-21(29)34-24(26)14-7-9-33-13-14/h7,9,13,15-19,23-24,31H,6,8,10-12H2,1-5H3/t15-,16-,17+,18-,19+,23-,24-,26+,27-/m0/s1. The monoisotopic (exact) mass is 472 g/mol. The van der Waals surface area contributed by atoms with Crippen LogP contribution in [0.1, 0.15) is 71.5 Å². The molecule has 1 N–H and O–H groups in total. The van der Waals surface area contributed by atoms with E-state index in [1.54, 1.807) is 12.5 Å². The van der Waals surface area contributed by atoms with Crippen LogP contribution >= 0.6 is 0 Å². The number of ether oxygens (including phenoxy) is 2. The van der Waals surface area contributed by atoms with Crippen molar-refractivity contribution in [3.63, 3.8) is 0 Å². The van der Waals surface area contributed by atoms with Gasteiger partial charge in [0.1, 0.15) is 11.9 Å². The van der Waals surface area contributed by atoms with Crippen LogP contribution in [0, 0.1) is 45.8 Å². The van der Waals surface area contributed by atoms with Crippen LogP contribution < -0.4 is 0 Å². The van der Waals surface area contributed by atoms with Crippen molar-refractivity contribution in [1.29, 1.82) is 0 Å². The van der Waals surface area contributed by atoms with Crippen molar-refractivity contribution < 1.29 is 33.4 Å². The lowest BCUT2D eigenvalue weighted by atomic mass is 9.37. The molecule has 1 aromatic rings. The van der Waals surface area contributed by atoms with E-state index in [-0.39, 0.29) is 53.2 Å². The molecule has 1 aromatic heterocycles. The first-order valence-electron chi connectivity index (χ1n) is 12.5. The van der Waals surface area contributed by atoms with Crippen molar-refractivity contribution in [3.8, 4) is 0 Å². The summed E-state index contributed by atoms with van der Waals surface area (Å²) < 4.78 is 16.2. The fraction of sp³-hybridized carbons (Fsp3) is 0.741. The maximum Gasteiger partial charge on any atom is 0.306 e. The van der Waals surface area contributed by atoms with Crippen LogP contribution in [0.5, 0.6) is 0 Å². The second kappa shape index (κ2) is 7.67. The third-order valence-electron chi connectivity index (χ3n) is 10.5. The third-order valence-corrected chi connectivity index (χ3v) is 10.5. The number of hydrogen-bond acceptors (Lipinski definition) is 7. The van der Waals surface area contributed by atoms with E-state index in [0.29, 0.717) is 12.8 Å². The van der Waals surface area contributed by atoms with Gasteiger partial charge in [0.15, 0.2) is 0 Å². The van der Waals surface area contributed by atoms with E-state index >= 15 is 0 Å². The van der Waals surface area contributed by atoms with Crippen molar-refractivity contribution in [2.24, 2.45) is 45.8 Å². The SMILES string of the molecule is COC(=O)C[C@@H]1C(C)(C)C(=O)[C@@H]2C[C@H]3[C@@H](CC[C@@]4(C)[C@H](c5ccoc5)OC(=O)C[C@@H]34)[C@]1(C)[C@H]2O. The van der Waals surface area contributed by atoms with Crippen LogP contribution in [0.3, 0.4) is 0 Å². The average molecular weight is 473 g/mol. The number of carbonyl (C=O) groups excluding carboxylic acids is 3. The normalized spacial score (nSPS) is 45.1. The van der Waals surface area contributed by atoms with E-state index in [1.165, 1.54) is 7.11 Å². The zero-order valence-electron chi connectivity index (χ0n) is 20.7. The van der Waals surface area contributed by atoms with E-state index in [9.17, 15) is 19.5 Å². The van der Waals surface area contributed by atoms with Gasteiger partial charge in [0.05, 0.1) is 25.7 Å². The first-order chi connectivity index (χ1) is 16.0. The summed E-state index contributed by atoms with van der Waals surface area (Å²) in [7, 11) is 1.36. The molecule has 0 spiro atoms. The molecule has 1 saturated heterocycles. The fourth-order valence-electron chi connectivity index (χ4n) is 8.76. The first-order valence-corrected chi connectivity index (χ1v) is 12.5. The minimum Gasteiger partial charge on any atom is -0.472 e. The summed E-state index contributed by atoms with van der Waals surface area (Å²) in [4.78, 5) is 39.0. The summed E-state index contributed by atoms with van der Waals surface area (Å²) in [6, 6.07) is 1.86. The molecule has 1 aliphatic heterocycles. The van der Waals surface area contributed by atoms with Crippen molar-refractivity contribution >= 4 is 17.7 Å². The largest absolute Gasteiger partial charge is 0.472 e. The molecule has 7 heteroatoms. The number of cyclic esters (lactones) is 1.